The summed E-state index contributed by atoms with van der Waals surface area (Å²) in [5.41, 5.74) is 0.773. The summed E-state index contributed by atoms with van der Waals surface area (Å²) in [6, 6.07) is 6.29. The molecule has 33 heavy (non-hydrogen) atoms. The maximum absolute atomic E-state index is 10.9. The predicted molar refractivity (Wildman–Crippen MR) is 144 cm³/mol. The lowest BCUT2D eigenvalue weighted by Crippen LogP contribution is -2.34. The second-order valence-electron chi connectivity index (χ2n) is 7.28. The van der Waals surface area contributed by atoms with Gasteiger partial charge in [0.05, 0.1) is 4.92 Å². The van der Waals surface area contributed by atoms with Crippen LogP contribution in [-0.2, 0) is 0 Å². The van der Waals surface area contributed by atoms with E-state index in [4.69, 9.17) is 4.98 Å². The van der Waals surface area contributed by atoms with Crippen LogP contribution in [-0.4, -0.2) is 46.1 Å². The van der Waals surface area contributed by atoms with E-state index in [1.54, 1.807) is 12.1 Å². The summed E-state index contributed by atoms with van der Waals surface area (Å²) in [6.45, 7) is 3.84. The van der Waals surface area contributed by atoms with Crippen LogP contribution in [0.4, 0.5) is 29.2 Å². The van der Waals surface area contributed by atoms with Gasteiger partial charge >= 0.3 is 0 Å². The highest BCUT2D eigenvalue weighted by Crippen LogP contribution is 2.24. The molecule has 2 saturated heterocycles. The summed E-state index contributed by atoms with van der Waals surface area (Å²) in [7, 11) is 0. The van der Waals surface area contributed by atoms with E-state index in [2.05, 4.69) is 25.1 Å². The lowest BCUT2D eigenvalue weighted by atomic mass is 10.1. The predicted octanol–water partition coefficient (Wildman–Crippen LogP) is 5.56. The molecular weight excluding hydrogens is 450 g/mol. The molecule has 2 aromatic rings. The van der Waals surface area contributed by atoms with Gasteiger partial charge in [-0.2, -0.15) is 15.0 Å². The fraction of sp³-hybridized carbons (Fsp3) is 0.526. The second-order valence-corrected chi connectivity index (χ2v) is 7.28. The number of nitrogens with zero attached hydrogens (tertiary/aromatic N) is 6. The number of anilines is 4. The average molecular weight is 496 g/mol. The number of benzene rings is 1. The molecule has 0 atom stereocenters. The van der Waals surface area contributed by atoms with Crippen LogP contribution in [0.1, 0.15) is 44.2 Å². The lowest BCUT2D eigenvalue weighted by Gasteiger charge is -2.30. The Morgan fingerprint density at radius 3 is 1.58 bits per heavy atom. The molecule has 196 valence electrons. The van der Waals surface area contributed by atoms with Crippen LogP contribution in [0.3, 0.4) is 0 Å². The number of hydrogen-bond donors (Lipinski definition) is 5. The first-order valence-corrected chi connectivity index (χ1v) is 9.96. The Morgan fingerprint density at radius 1 is 0.758 bits per heavy atom. The highest BCUT2D eigenvalue weighted by atomic mass is 35.5. The Bertz CT molecular complexity index is 811. The Balaban J connectivity index is -0.000000267. The maximum Gasteiger partial charge on any atom is 0.269 e. The van der Waals surface area contributed by atoms with Gasteiger partial charge in [-0.25, -0.2) is 0 Å². The van der Waals surface area contributed by atoms with Crippen molar-refractivity contribution in [2.45, 2.75) is 38.5 Å². The molecule has 13 nitrogen and oxygen atoms in total. The van der Waals surface area contributed by atoms with Crippen molar-refractivity contribution in [2.24, 2.45) is 0 Å². The number of nitro groups is 1. The molecule has 0 saturated carbocycles. The van der Waals surface area contributed by atoms with Crippen molar-refractivity contribution >= 4 is 41.6 Å². The molecule has 0 bridgehead atoms. The van der Waals surface area contributed by atoms with E-state index in [0.29, 0.717) is 23.5 Å². The van der Waals surface area contributed by atoms with Gasteiger partial charge in [0.25, 0.3) is 5.69 Å². The molecule has 3 heterocycles. The monoisotopic (exact) mass is 495 g/mol. The number of aromatic nitrogens is 3. The zero-order valence-electron chi connectivity index (χ0n) is 19.1. The van der Waals surface area contributed by atoms with Crippen molar-refractivity contribution in [3.05, 3.63) is 34.4 Å². The minimum Gasteiger partial charge on any atom is -0.344 e. The molecule has 0 unspecified atom stereocenters. The molecule has 0 amide bonds. The van der Waals surface area contributed by atoms with Gasteiger partial charge in [0, 0.05) is 49.7 Å². The molecule has 2 aliphatic heterocycles. The maximum atomic E-state index is 10.9. The van der Waals surface area contributed by atoms with Gasteiger partial charge in [-0.1, -0.05) is 0 Å². The number of nitro benzene ring substituents is 1. The van der Waals surface area contributed by atoms with E-state index >= 15 is 0 Å². The summed E-state index contributed by atoms with van der Waals surface area (Å²) < 4.78 is 0. The van der Waals surface area contributed by atoms with Gasteiger partial charge in [0.1, 0.15) is 0 Å². The summed E-state index contributed by atoms with van der Waals surface area (Å²) in [5.74, 6) is 1.89. The molecular formula is C19H46ClN11O2. The molecule has 0 radical (unpaired) electrons. The van der Waals surface area contributed by atoms with Gasteiger partial charge < -0.3 is 39.7 Å². The van der Waals surface area contributed by atoms with Crippen LogP contribution in [0.5, 0.6) is 0 Å². The first kappa shape index (κ1) is 32.3. The van der Waals surface area contributed by atoms with Crippen LogP contribution in [0, 0.1) is 10.1 Å². The highest BCUT2D eigenvalue weighted by Gasteiger charge is 2.20. The third kappa shape index (κ3) is 8.22. The minimum absolute atomic E-state index is 0. The fourth-order valence-corrected chi connectivity index (χ4v) is 3.68. The van der Waals surface area contributed by atoms with E-state index in [1.165, 1.54) is 25.0 Å². The quantitative estimate of drug-likeness (QED) is 0.252. The van der Waals surface area contributed by atoms with Crippen LogP contribution in [0.25, 0.3) is 0 Å². The Hall–Kier alpha value is -2.84. The van der Waals surface area contributed by atoms with E-state index < -0.39 is 4.92 Å². The van der Waals surface area contributed by atoms with Crippen molar-refractivity contribution in [3.63, 3.8) is 0 Å². The van der Waals surface area contributed by atoms with Crippen molar-refractivity contribution < 1.29 is 10.6 Å². The van der Waals surface area contributed by atoms with Crippen molar-refractivity contribution in [1.82, 2.24) is 39.6 Å². The molecule has 2 fully saturated rings. The second kappa shape index (κ2) is 15.1. The topological polar surface area (TPSA) is 240 Å². The van der Waals surface area contributed by atoms with E-state index in [-0.39, 0.29) is 48.4 Å². The number of rotatable bonds is 5. The van der Waals surface area contributed by atoms with E-state index in [9.17, 15) is 10.1 Å². The van der Waals surface area contributed by atoms with Gasteiger partial charge in [-0.3, -0.25) is 10.1 Å². The summed E-state index contributed by atoms with van der Waals surface area (Å²) >= 11 is 0. The molecule has 2 aliphatic rings. The largest absolute Gasteiger partial charge is 0.344 e. The molecule has 1 aromatic carbocycles. The molecule has 1 aromatic heterocycles. The number of non-ortho nitro benzene ring substituents is 1. The zero-order valence-corrected chi connectivity index (χ0v) is 19.9. The molecule has 0 aliphatic carbocycles. The summed E-state index contributed by atoms with van der Waals surface area (Å²) in [4.78, 5) is 28.9. The van der Waals surface area contributed by atoms with E-state index in [0.717, 1.165) is 51.9 Å². The summed E-state index contributed by atoms with van der Waals surface area (Å²) in [5, 5.41) is 14.0. The van der Waals surface area contributed by atoms with Crippen LogP contribution >= 0.6 is 12.4 Å². The number of nitrogens with one attached hydrogen (secondary N) is 1. The molecule has 0 spiro atoms. The third-order valence-corrected chi connectivity index (χ3v) is 5.22. The molecule has 14 heteroatoms. The minimum atomic E-state index is -0.407. The first-order chi connectivity index (χ1) is 13.7. The number of hydrogen-bond acceptors (Lipinski definition) is 12. The standard InChI is InChI=1S/C19H25N7O2.ClH.4H3N.4H2/c27-26(28)16-9-7-15(8-10-16)20-17-21-18(24-11-3-1-4-12-24)23-19(22-17)25-13-5-2-6-14-25;;;;;;;;;/h7-10H,1-6,11-14H2,(H,20,21,22,23);1H;4*1H3;4*1H. The van der Waals surface area contributed by atoms with Crippen LogP contribution in [0.2, 0.25) is 0 Å². The lowest BCUT2D eigenvalue weighted by molar-refractivity contribution is -0.384. The van der Waals surface area contributed by atoms with Crippen molar-refractivity contribution in [2.75, 3.05) is 41.3 Å². The Labute approximate surface area is 206 Å². The number of halogens is 1. The first-order valence-electron chi connectivity index (χ1n) is 9.96. The van der Waals surface area contributed by atoms with Crippen LogP contribution < -0.4 is 39.7 Å². The zero-order chi connectivity index (χ0) is 19.3. The SMILES string of the molecule is Cl.N.N.N.N.O=[N+]([O-])c1ccc(Nc2nc(N3CCCCC3)nc(N3CCCCC3)n2)cc1.[HH].[HH].[HH].[HH]. The van der Waals surface area contributed by atoms with Crippen molar-refractivity contribution in [3.8, 4) is 0 Å². The van der Waals surface area contributed by atoms with Gasteiger partial charge in [0.15, 0.2) is 0 Å². The van der Waals surface area contributed by atoms with Gasteiger partial charge in [0.2, 0.25) is 17.8 Å². The van der Waals surface area contributed by atoms with Gasteiger partial charge in [-0.15, -0.1) is 12.4 Å². The Kier molecular flexibility index (Phi) is 14.8. The van der Waals surface area contributed by atoms with E-state index in [1.807, 2.05) is 0 Å². The van der Waals surface area contributed by atoms with Gasteiger partial charge in [-0.05, 0) is 50.7 Å². The normalized spacial score (nSPS) is 14.8. The third-order valence-electron chi connectivity index (χ3n) is 5.22. The van der Waals surface area contributed by atoms with Crippen LogP contribution in [0.15, 0.2) is 24.3 Å². The summed E-state index contributed by atoms with van der Waals surface area (Å²) in [6.07, 6.45) is 7.08. The average Bonchev–Trinajstić information content (AvgIpc) is 2.75. The smallest absolute Gasteiger partial charge is 0.269 e. The molecule has 13 N–H and O–H groups in total. The number of piperidine rings is 2. The highest BCUT2D eigenvalue weighted by molar-refractivity contribution is 5.85. The van der Waals surface area contributed by atoms with Crippen molar-refractivity contribution in [1.29, 1.82) is 0 Å². The fourth-order valence-electron chi connectivity index (χ4n) is 3.68. The Morgan fingerprint density at radius 2 is 1.18 bits per heavy atom. The molecule has 4 rings (SSSR count).